The van der Waals surface area contributed by atoms with E-state index in [4.69, 9.17) is 0 Å². The molecule has 0 aromatic heterocycles. The van der Waals surface area contributed by atoms with Gasteiger partial charge in [-0.25, -0.2) is 0 Å². The molecular weight excluding hydrogens is 340 g/mol. The number of benzene rings is 2. The number of amidine groups is 1. The third kappa shape index (κ3) is 4.30. The molecule has 1 fully saturated rings. The quantitative estimate of drug-likeness (QED) is 0.507. The summed E-state index contributed by atoms with van der Waals surface area (Å²) in [7, 11) is 0. The Balaban J connectivity index is 1.68. The fraction of sp³-hybridized carbons (Fsp3) is 0.118. The molecule has 3 rings (SSSR count). The van der Waals surface area contributed by atoms with Gasteiger partial charge in [0.1, 0.15) is 0 Å². The van der Waals surface area contributed by atoms with Crippen LogP contribution in [0, 0.1) is 10.1 Å². The molecule has 126 valence electrons. The van der Waals surface area contributed by atoms with E-state index in [1.165, 1.54) is 17.8 Å². The standard InChI is InChI=1S/C17H14N4O3S/c22-16-15(10-13-8-4-5-9-14(13)21(23)24)25-17(19-16)20-18-11-12-6-2-1-3-7-12/h1-9,11,15H,10H2,(H,19,20,22)/b18-11-/t15-/m0/s1. The molecule has 2 aromatic carbocycles. The summed E-state index contributed by atoms with van der Waals surface area (Å²) >= 11 is 1.22. The molecule has 25 heavy (non-hydrogen) atoms. The van der Waals surface area contributed by atoms with Gasteiger partial charge in [-0.1, -0.05) is 60.3 Å². The van der Waals surface area contributed by atoms with Crippen LogP contribution in [0.4, 0.5) is 5.69 Å². The Morgan fingerprint density at radius 3 is 2.64 bits per heavy atom. The fourth-order valence-electron chi connectivity index (χ4n) is 2.33. The second-order valence-electron chi connectivity index (χ2n) is 5.25. The molecule has 0 bridgehead atoms. The van der Waals surface area contributed by atoms with Crippen LogP contribution >= 0.6 is 11.8 Å². The first kappa shape index (κ1) is 16.8. The molecule has 1 saturated heterocycles. The van der Waals surface area contributed by atoms with Crippen molar-refractivity contribution in [3.05, 3.63) is 75.8 Å². The van der Waals surface area contributed by atoms with Crippen LogP contribution in [0.3, 0.4) is 0 Å². The maximum Gasteiger partial charge on any atom is 0.272 e. The smallest absolute Gasteiger partial charge is 0.272 e. The summed E-state index contributed by atoms with van der Waals surface area (Å²) in [5.74, 6) is -0.225. The van der Waals surface area contributed by atoms with Crippen molar-refractivity contribution in [2.45, 2.75) is 11.7 Å². The number of rotatable bonds is 5. The van der Waals surface area contributed by atoms with E-state index in [1.807, 2.05) is 30.3 Å². The summed E-state index contributed by atoms with van der Waals surface area (Å²) < 4.78 is 0. The number of carbonyl (C=O) groups is 1. The Kier molecular flexibility index (Phi) is 5.20. The maximum absolute atomic E-state index is 12.1. The first-order valence-corrected chi connectivity index (χ1v) is 8.37. The van der Waals surface area contributed by atoms with Crippen molar-refractivity contribution in [3.63, 3.8) is 0 Å². The zero-order chi connectivity index (χ0) is 17.6. The normalized spacial score (nSPS) is 18.6. The molecule has 1 heterocycles. The molecule has 1 N–H and O–H groups in total. The Bertz CT molecular complexity index is 852. The second kappa shape index (κ2) is 7.71. The van der Waals surface area contributed by atoms with Gasteiger partial charge in [-0.2, -0.15) is 5.10 Å². The van der Waals surface area contributed by atoms with Crippen LogP contribution in [0.25, 0.3) is 0 Å². The van der Waals surface area contributed by atoms with Crippen molar-refractivity contribution in [2.24, 2.45) is 10.2 Å². The summed E-state index contributed by atoms with van der Waals surface area (Å²) in [6, 6.07) is 15.9. The fourth-order valence-corrected chi connectivity index (χ4v) is 3.29. The van der Waals surface area contributed by atoms with Crippen molar-refractivity contribution in [2.75, 3.05) is 0 Å². The highest BCUT2D eigenvalue weighted by molar-refractivity contribution is 8.15. The van der Waals surface area contributed by atoms with Gasteiger partial charge >= 0.3 is 0 Å². The lowest BCUT2D eigenvalue weighted by molar-refractivity contribution is -0.385. The monoisotopic (exact) mass is 354 g/mol. The average Bonchev–Trinajstić information content (AvgIpc) is 2.96. The Morgan fingerprint density at radius 2 is 1.88 bits per heavy atom. The van der Waals surface area contributed by atoms with Crippen LogP contribution in [-0.2, 0) is 11.2 Å². The van der Waals surface area contributed by atoms with E-state index in [2.05, 4.69) is 15.5 Å². The summed E-state index contributed by atoms with van der Waals surface area (Å²) in [6.07, 6.45) is 1.85. The van der Waals surface area contributed by atoms with E-state index in [0.717, 1.165) is 5.56 Å². The van der Waals surface area contributed by atoms with Gasteiger partial charge < -0.3 is 5.32 Å². The lowest BCUT2D eigenvalue weighted by atomic mass is 10.1. The van der Waals surface area contributed by atoms with Gasteiger partial charge in [-0.15, -0.1) is 5.10 Å². The van der Waals surface area contributed by atoms with Crippen molar-refractivity contribution in [1.29, 1.82) is 0 Å². The van der Waals surface area contributed by atoms with Crippen LogP contribution in [0.1, 0.15) is 11.1 Å². The lowest BCUT2D eigenvalue weighted by Crippen LogP contribution is -2.26. The zero-order valence-corrected chi connectivity index (χ0v) is 13.8. The Morgan fingerprint density at radius 1 is 1.16 bits per heavy atom. The molecule has 1 atom stereocenters. The lowest BCUT2D eigenvalue weighted by Gasteiger charge is -2.05. The molecule has 0 radical (unpaired) electrons. The van der Waals surface area contributed by atoms with Crippen molar-refractivity contribution in [3.8, 4) is 0 Å². The number of nitrogens with one attached hydrogen (secondary N) is 1. The third-order valence-electron chi connectivity index (χ3n) is 3.53. The van der Waals surface area contributed by atoms with Crippen molar-refractivity contribution < 1.29 is 9.72 Å². The van der Waals surface area contributed by atoms with Gasteiger partial charge in [0.05, 0.1) is 16.4 Å². The summed E-state index contributed by atoms with van der Waals surface area (Å²) in [5, 5.41) is 21.6. The van der Waals surface area contributed by atoms with E-state index in [0.29, 0.717) is 10.7 Å². The van der Waals surface area contributed by atoms with Crippen LogP contribution in [0.2, 0.25) is 0 Å². The topological polar surface area (TPSA) is 97.0 Å². The van der Waals surface area contributed by atoms with Crippen LogP contribution in [0.5, 0.6) is 0 Å². The average molecular weight is 354 g/mol. The van der Waals surface area contributed by atoms with E-state index in [-0.39, 0.29) is 18.0 Å². The van der Waals surface area contributed by atoms with E-state index >= 15 is 0 Å². The minimum absolute atomic E-state index is 0.0170. The van der Waals surface area contributed by atoms with Gasteiger partial charge in [-0.05, 0) is 5.56 Å². The molecule has 0 aliphatic carbocycles. The third-order valence-corrected chi connectivity index (χ3v) is 4.60. The number of hydrogen-bond acceptors (Lipinski definition) is 6. The molecule has 0 unspecified atom stereocenters. The predicted molar refractivity (Wildman–Crippen MR) is 97.8 cm³/mol. The van der Waals surface area contributed by atoms with Crippen molar-refractivity contribution in [1.82, 2.24) is 5.32 Å². The molecule has 1 amide bonds. The van der Waals surface area contributed by atoms with Gasteiger partial charge in [0.15, 0.2) is 5.17 Å². The Hall–Kier alpha value is -3.00. The SMILES string of the molecule is O=C1N/C(=N\N=C/c2ccccc2)S[C@H]1Cc1ccccc1[N+](=O)[O-]. The Labute approximate surface area is 148 Å². The van der Waals surface area contributed by atoms with E-state index in [1.54, 1.807) is 24.4 Å². The van der Waals surface area contributed by atoms with Gasteiger partial charge in [0.25, 0.3) is 5.69 Å². The number of thioether (sulfide) groups is 1. The predicted octanol–water partition coefficient (Wildman–Crippen LogP) is 2.76. The number of nitro groups is 1. The van der Waals surface area contributed by atoms with E-state index in [9.17, 15) is 14.9 Å². The van der Waals surface area contributed by atoms with Crippen LogP contribution < -0.4 is 5.32 Å². The summed E-state index contributed by atoms with van der Waals surface area (Å²) in [4.78, 5) is 22.7. The molecule has 0 spiro atoms. The van der Waals surface area contributed by atoms with Gasteiger partial charge in [0.2, 0.25) is 5.91 Å². The minimum Gasteiger partial charge on any atom is -0.303 e. The molecule has 1 aliphatic rings. The largest absolute Gasteiger partial charge is 0.303 e. The summed E-state index contributed by atoms with van der Waals surface area (Å²) in [5.41, 5.74) is 1.44. The molecule has 2 aromatic rings. The number of carbonyl (C=O) groups excluding carboxylic acids is 1. The highest BCUT2D eigenvalue weighted by atomic mass is 32.2. The number of nitrogens with zero attached hydrogens (tertiary/aromatic N) is 3. The van der Waals surface area contributed by atoms with E-state index < -0.39 is 10.2 Å². The number of amides is 1. The van der Waals surface area contributed by atoms with Crippen LogP contribution in [-0.4, -0.2) is 27.5 Å². The zero-order valence-electron chi connectivity index (χ0n) is 13.0. The number of para-hydroxylation sites is 1. The maximum atomic E-state index is 12.1. The molecule has 1 aliphatic heterocycles. The molecule has 7 nitrogen and oxygen atoms in total. The first-order valence-electron chi connectivity index (χ1n) is 7.49. The number of hydrogen-bond donors (Lipinski definition) is 1. The molecule has 8 heteroatoms. The molecular formula is C17H14N4O3S. The number of nitro benzene ring substituents is 1. The van der Waals surface area contributed by atoms with Gasteiger partial charge in [-0.3, -0.25) is 14.9 Å². The van der Waals surface area contributed by atoms with Crippen molar-refractivity contribution >= 4 is 34.7 Å². The summed E-state index contributed by atoms with van der Waals surface area (Å²) in [6.45, 7) is 0. The highest BCUT2D eigenvalue weighted by Gasteiger charge is 2.32. The second-order valence-corrected chi connectivity index (χ2v) is 6.44. The first-order chi connectivity index (χ1) is 12.1. The van der Waals surface area contributed by atoms with Gasteiger partial charge in [0, 0.05) is 18.1 Å². The molecule has 0 saturated carbocycles. The minimum atomic E-state index is -0.466. The van der Waals surface area contributed by atoms with Crippen LogP contribution in [0.15, 0.2) is 64.8 Å². The highest BCUT2D eigenvalue weighted by Crippen LogP contribution is 2.27.